The van der Waals surface area contributed by atoms with Gasteiger partial charge in [-0.15, -0.1) is 0 Å². The number of halogens is 2. The van der Waals surface area contributed by atoms with Crippen LogP contribution in [0.3, 0.4) is 0 Å². The summed E-state index contributed by atoms with van der Waals surface area (Å²) in [6.07, 6.45) is 3.33. The third kappa shape index (κ3) is 5.76. The second-order valence-corrected chi connectivity index (χ2v) is 10.4. The fourth-order valence-electron chi connectivity index (χ4n) is 5.31. The molecule has 3 aromatic heterocycles. The number of likely N-dealkylation sites (tertiary alicyclic amines) is 1. The lowest BCUT2D eigenvalue weighted by atomic mass is 9.89. The molecule has 0 unspecified atom stereocenters. The highest BCUT2D eigenvalue weighted by atomic mass is 19.1. The lowest BCUT2D eigenvalue weighted by Gasteiger charge is -2.32. The number of rotatable bonds is 7. The molecule has 1 N–H and O–H groups in total. The van der Waals surface area contributed by atoms with Crippen LogP contribution in [-0.2, 0) is 11.2 Å². The largest absolute Gasteiger partial charge is 0.339 e. The Hall–Kier alpha value is -4.93. The molecule has 214 valence electrons. The van der Waals surface area contributed by atoms with Crippen molar-refractivity contribution in [2.75, 3.05) is 18.4 Å². The molecule has 1 fully saturated rings. The Labute approximate surface area is 240 Å². The monoisotopic (exact) mass is 570 g/mol. The first-order valence-electron chi connectivity index (χ1n) is 13.8. The van der Waals surface area contributed by atoms with E-state index < -0.39 is 5.82 Å². The van der Waals surface area contributed by atoms with Crippen molar-refractivity contribution in [2.45, 2.75) is 38.5 Å². The second-order valence-electron chi connectivity index (χ2n) is 10.4. The Morgan fingerprint density at radius 1 is 0.952 bits per heavy atom. The number of hydrogen-bond donors (Lipinski definition) is 1. The number of pyridine rings is 1. The van der Waals surface area contributed by atoms with Gasteiger partial charge in [0.25, 0.3) is 5.91 Å². The number of nitrogens with one attached hydrogen (secondary N) is 1. The van der Waals surface area contributed by atoms with Gasteiger partial charge in [0.2, 0.25) is 17.6 Å². The van der Waals surface area contributed by atoms with Gasteiger partial charge in [-0.3, -0.25) is 14.0 Å². The van der Waals surface area contributed by atoms with Crippen LogP contribution in [0.4, 0.5) is 14.5 Å². The molecule has 0 saturated carbocycles. The van der Waals surface area contributed by atoms with Gasteiger partial charge >= 0.3 is 0 Å². The molecule has 0 aliphatic carbocycles. The van der Waals surface area contributed by atoms with Gasteiger partial charge in [0.15, 0.2) is 0 Å². The molecule has 0 atom stereocenters. The number of fused-ring (bicyclic) bond motifs is 1. The molecular formula is C31H28F2N6O3. The van der Waals surface area contributed by atoms with Crippen molar-refractivity contribution in [1.29, 1.82) is 0 Å². The summed E-state index contributed by atoms with van der Waals surface area (Å²) in [5, 5.41) is 6.79. The van der Waals surface area contributed by atoms with Gasteiger partial charge in [0, 0.05) is 43.4 Å². The molecule has 2 amide bonds. The van der Waals surface area contributed by atoms with Crippen LogP contribution in [0.1, 0.15) is 52.8 Å². The molecule has 0 bridgehead atoms. The maximum absolute atomic E-state index is 13.8. The van der Waals surface area contributed by atoms with Gasteiger partial charge in [-0.1, -0.05) is 17.3 Å². The predicted octanol–water partition coefficient (Wildman–Crippen LogP) is 5.56. The maximum Gasteiger partial charge on any atom is 0.272 e. The molecule has 11 heteroatoms. The van der Waals surface area contributed by atoms with Gasteiger partial charge < -0.3 is 14.7 Å². The number of anilines is 1. The van der Waals surface area contributed by atoms with Crippen LogP contribution in [0.5, 0.6) is 0 Å². The van der Waals surface area contributed by atoms with Crippen molar-refractivity contribution in [3.63, 3.8) is 0 Å². The molecule has 4 heterocycles. The lowest BCUT2D eigenvalue weighted by Crippen LogP contribution is -2.38. The predicted molar refractivity (Wildman–Crippen MR) is 151 cm³/mol. The van der Waals surface area contributed by atoms with E-state index in [2.05, 4.69) is 20.4 Å². The van der Waals surface area contributed by atoms with Gasteiger partial charge in [-0.25, -0.2) is 13.8 Å². The van der Waals surface area contributed by atoms with Crippen molar-refractivity contribution in [1.82, 2.24) is 24.4 Å². The number of piperidine rings is 1. The van der Waals surface area contributed by atoms with Crippen LogP contribution in [0.15, 0.2) is 71.4 Å². The molecule has 1 saturated heterocycles. The van der Waals surface area contributed by atoms with Crippen molar-refractivity contribution >= 4 is 23.1 Å². The van der Waals surface area contributed by atoms with Crippen molar-refractivity contribution < 1.29 is 22.9 Å². The van der Waals surface area contributed by atoms with Crippen molar-refractivity contribution in [3.05, 3.63) is 101 Å². The summed E-state index contributed by atoms with van der Waals surface area (Å²) in [6, 6.07) is 16.4. The van der Waals surface area contributed by atoms with Crippen LogP contribution < -0.4 is 5.32 Å². The van der Waals surface area contributed by atoms with Gasteiger partial charge in [0.1, 0.15) is 23.0 Å². The molecule has 0 spiro atoms. The molecule has 2 aromatic carbocycles. The van der Waals surface area contributed by atoms with E-state index in [1.807, 2.05) is 24.3 Å². The van der Waals surface area contributed by atoms with Gasteiger partial charge in [-0.05, 0) is 79.8 Å². The second kappa shape index (κ2) is 11.5. The number of carbonyl (C=O) groups is 2. The Bertz CT molecular complexity index is 1740. The van der Waals surface area contributed by atoms with E-state index in [9.17, 15) is 18.4 Å². The van der Waals surface area contributed by atoms with E-state index in [1.54, 1.807) is 30.0 Å². The summed E-state index contributed by atoms with van der Waals surface area (Å²) in [6.45, 7) is 2.94. The summed E-state index contributed by atoms with van der Waals surface area (Å²) in [4.78, 5) is 36.3. The Morgan fingerprint density at radius 2 is 1.67 bits per heavy atom. The molecule has 42 heavy (non-hydrogen) atoms. The standard InChI is InChI=1S/C31H28F2N6O3/c1-19-29(39-18-24(33)8-11-26(39)34-19)31(41)38-16-14-21(15-17-38)20-4-9-25(10-5-20)35-27(40)12-13-28-36-30(37-42-28)22-2-6-23(32)7-3-22/h2-11,18,21H,12-17H2,1H3,(H,35,40). The van der Waals surface area contributed by atoms with Crippen LogP contribution in [0.2, 0.25) is 0 Å². The van der Waals surface area contributed by atoms with Crippen LogP contribution in [-0.4, -0.2) is 49.3 Å². The van der Waals surface area contributed by atoms with Crippen molar-refractivity contribution in [3.8, 4) is 11.4 Å². The normalized spacial score (nSPS) is 13.9. The van der Waals surface area contributed by atoms with E-state index in [0.717, 1.165) is 18.4 Å². The van der Waals surface area contributed by atoms with Crippen molar-refractivity contribution in [2.24, 2.45) is 0 Å². The molecule has 9 nitrogen and oxygen atoms in total. The quantitative estimate of drug-likeness (QED) is 0.275. The number of aromatic nitrogens is 4. The number of aryl methyl sites for hydroxylation is 2. The van der Waals surface area contributed by atoms with Crippen LogP contribution in [0.25, 0.3) is 17.0 Å². The molecule has 1 aliphatic heterocycles. The lowest BCUT2D eigenvalue weighted by molar-refractivity contribution is -0.116. The van der Waals surface area contributed by atoms with Crippen LogP contribution >= 0.6 is 0 Å². The van der Waals surface area contributed by atoms with E-state index in [-0.39, 0.29) is 36.4 Å². The number of hydrogen-bond acceptors (Lipinski definition) is 6. The third-order valence-electron chi connectivity index (χ3n) is 7.54. The fourth-order valence-corrected chi connectivity index (χ4v) is 5.31. The highest BCUT2D eigenvalue weighted by molar-refractivity contribution is 5.94. The topological polar surface area (TPSA) is 106 Å². The molecule has 0 radical (unpaired) electrons. The number of amides is 2. The van der Waals surface area contributed by atoms with E-state index in [1.165, 1.54) is 28.8 Å². The zero-order chi connectivity index (χ0) is 29.2. The van der Waals surface area contributed by atoms with E-state index in [0.29, 0.717) is 53.1 Å². The highest BCUT2D eigenvalue weighted by Gasteiger charge is 2.28. The first-order valence-corrected chi connectivity index (χ1v) is 13.8. The smallest absolute Gasteiger partial charge is 0.272 e. The van der Waals surface area contributed by atoms with Gasteiger partial charge in [-0.2, -0.15) is 4.98 Å². The minimum absolute atomic E-state index is 0.144. The molecule has 5 aromatic rings. The molecular weight excluding hydrogens is 542 g/mol. The zero-order valence-corrected chi connectivity index (χ0v) is 22.9. The number of imidazole rings is 1. The summed E-state index contributed by atoms with van der Waals surface area (Å²) < 4.78 is 33.7. The molecule has 6 rings (SSSR count). The van der Waals surface area contributed by atoms with Gasteiger partial charge in [0.05, 0.1) is 5.69 Å². The third-order valence-corrected chi connectivity index (χ3v) is 7.54. The molecule has 1 aliphatic rings. The maximum atomic E-state index is 13.8. The average molecular weight is 571 g/mol. The Balaban J connectivity index is 0.998. The SMILES string of the molecule is Cc1nc2ccc(F)cn2c1C(=O)N1CCC(c2ccc(NC(=O)CCc3nc(-c4ccc(F)cc4)no3)cc2)CC1. The van der Waals surface area contributed by atoms with E-state index >= 15 is 0 Å². The summed E-state index contributed by atoms with van der Waals surface area (Å²) >= 11 is 0. The zero-order valence-electron chi connectivity index (χ0n) is 22.9. The first kappa shape index (κ1) is 27.3. The summed E-state index contributed by atoms with van der Waals surface area (Å²) in [5.74, 6) is -0.138. The van der Waals surface area contributed by atoms with Crippen LogP contribution in [0, 0.1) is 18.6 Å². The fraction of sp³-hybridized carbons (Fsp3) is 0.258. The Kier molecular flexibility index (Phi) is 7.47. The number of carbonyl (C=O) groups excluding carboxylic acids is 2. The average Bonchev–Trinajstić information content (AvgIpc) is 3.60. The summed E-state index contributed by atoms with van der Waals surface area (Å²) in [5.41, 5.74) is 3.99. The Morgan fingerprint density at radius 3 is 2.40 bits per heavy atom. The minimum Gasteiger partial charge on any atom is -0.339 e. The minimum atomic E-state index is -0.420. The van der Waals surface area contributed by atoms with E-state index in [4.69, 9.17) is 4.52 Å². The number of nitrogens with zero attached hydrogens (tertiary/aromatic N) is 5. The number of benzene rings is 2. The highest BCUT2D eigenvalue weighted by Crippen LogP contribution is 2.30. The first-order chi connectivity index (χ1) is 20.3. The summed E-state index contributed by atoms with van der Waals surface area (Å²) in [7, 11) is 0.